The number of anilines is 1. The number of amides is 1. The molecule has 2 aliphatic heterocycles. The highest BCUT2D eigenvalue weighted by Gasteiger charge is 2.30. The van der Waals surface area contributed by atoms with Crippen molar-refractivity contribution in [3.8, 4) is 0 Å². The lowest BCUT2D eigenvalue weighted by Gasteiger charge is -2.34. The normalized spacial score (nSPS) is 19.4. The van der Waals surface area contributed by atoms with Gasteiger partial charge in [0.1, 0.15) is 0 Å². The first kappa shape index (κ1) is 19.3. The Kier molecular flexibility index (Phi) is 5.99. The van der Waals surface area contributed by atoms with Gasteiger partial charge in [-0.3, -0.25) is 4.79 Å². The number of unbranched alkanes of at least 4 members (excludes halogenated alkanes) is 1. The number of carbonyl (C=O) groups excluding carboxylic acids is 1. The first-order valence-electron chi connectivity index (χ1n) is 9.57. The SMILES string of the molecule is CCCCN1CCN(S(=O)(=O)c2ccc3c(c2)CCCN3C(C)=O)CC1. The molecule has 0 unspecified atom stereocenters. The van der Waals surface area contributed by atoms with Crippen LogP contribution in [0.5, 0.6) is 0 Å². The van der Waals surface area contributed by atoms with E-state index in [1.807, 2.05) is 0 Å². The van der Waals surface area contributed by atoms with E-state index in [1.165, 1.54) is 0 Å². The van der Waals surface area contributed by atoms with E-state index in [0.29, 0.717) is 24.5 Å². The van der Waals surface area contributed by atoms with E-state index in [4.69, 9.17) is 0 Å². The van der Waals surface area contributed by atoms with E-state index in [0.717, 1.165) is 56.6 Å². The summed E-state index contributed by atoms with van der Waals surface area (Å²) in [5.74, 6) is 0.00441. The van der Waals surface area contributed by atoms with Crippen LogP contribution in [0.15, 0.2) is 23.1 Å². The molecule has 144 valence electrons. The number of sulfonamides is 1. The van der Waals surface area contributed by atoms with Crippen LogP contribution in [0, 0.1) is 0 Å². The summed E-state index contributed by atoms with van der Waals surface area (Å²) in [6.45, 7) is 8.15. The molecule has 1 aromatic carbocycles. The first-order valence-corrected chi connectivity index (χ1v) is 11.0. The minimum Gasteiger partial charge on any atom is -0.312 e. The highest BCUT2D eigenvalue weighted by molar-refractivity contribution is 7.89. The van der Waals surface area contributed by atoms with Gasteiger partial charge in [-0.2, -0.15) is 4.31 Å². The van der Waals surface area contributed by atoms with Gasteiger partial charge in [0, 0.05) is 45.3 Å². The lowest BCUT2D eigenvalue weighted by Crippen LogP contribution is -2.48. The highest BCUT2D eigenvalue weighted by atomic mass is 32.2. The first-order chi connectivity index (χ1) is 12.4. The van der Waals surface area contributed by atoms with Gasteiger partial charge in [-0.1, -0.05) is 13.3 Å². The van der Waals surface area contributed by atoms with Crippen LogP contribution in [-0.2, 0) is 21.2 Å². The predicted octanol–water partition coefficient (Wildman–Crippen LogP) is 2.09. The Labute approximate surface area is 156 Å². The summed E-state index contributed by atoms with van der Waals surface area (Å²) in [6.07, 6.45) is 3.99. The van der Waals surface area contributed by atoms with E-state index in [2.05, 4.69) is 11.8 Å². The molecule has 3 rings (SSSR count). The number of fused-ring (bicyclic) bond motifs is 1. The fourth-order valence-electron chi connectivity index (χ4n) is 3.79. The maximum Gasteiger partial charge on any atom is 0.243 e. The number of benzene rings is 1. The number of carbonyl (C=O) groups is 1. The number of hydrogen-bond donors (Lipinski definition) is 0. The average molecular weight is 380 g/mol. The molecule has 1 amide bonds. The standard InChI is InChI=1S/C19H29N3O3S/c1-3-4-9-20-11-13-21(14-12-20)26(24,25)18-7-8-19-17(15-18)6-5-10-22(19)16(2)23/h7-8,15H,3-6,9-14H2,1-2H3. The minimum absolute atomic E-state index is 0.00441. The third-order valence-electron chi connectivity index (χ3n) is 5.35. The van der Waals surface area contributed by atoms with Gasteiger partial charge in [0.25, 0.3) is 0 Å². The van der Waals surface area contributed by atoms with Crippen molar-refractivity contribution in [1.82, 2.24) is 9.21 Å². The van der Waals surface area contributed by atoms with Gasteiger partial charge in [-0.15, -0.1) is 0 Å². The molecule has 0 atom stereocenters. The van der Waals surface area contributed by atoms with E-state index < -0.39 is 10.0 Å². The lowest BCUT2D eigenvalue weighted by atomic mass is 10.0. The van der Waals surface area contributed by atoms with Crippen molar-refractivity contribution in [1.29, 1.82) is 0 Å². The molecular formula is C19H29N3O3S. The van der Waals surface area contributed by atoms with Crippen LogP contribution in [0.25, 0.3) is 0 Å². The Morgan fingerprint density at radius 1 is 1.12 bits per heavy atom. The second-order valence-electron chi connectivity index (χ2n) is 7.16. The smallest absolute Gasteiger partial charge is 0.243 e. The van der Waals surface area contributed by atoms with E-state index in [1.54, 1.807) is 34.3 Å². The molecule has 0 N–H and O–H groups in total. The van der Waals surface area contributed by atoms with Crippen LogP contribution in [0.1, 0.15) is 38.7 Å². The van der Waals surface area contributed by atoms with E-state index in [9.17, 15) is 13.2 Å². The molecular weight excluding hydrogens is 350 g/mol. The summed E-state index contributed by atoms with van der Waals surface area (Å²) in [5, 5.41) is 0. The molecule has 0 radical (unpaired) electrons. The third kappa shape index (κ3) is 3.94. The Morgan fingerprint density at radius 3 is 2.50 bits per heavy atom. The molecule has 1 fully saturated rings. The van der Waals surface area contributed by atoms with Crippen LogP contribution >= 0.6 is 0 Å². The van der Waals surface area contributed by atoms with Gasteiger partial charge in [0.15, 0.2) is 0 Å². The Bertz CT molecular complexity index is 755. The largest absolute Gasteiger partial charge is 0.312 e. The van der Waals surface area contributed by atoms with Gasteiger partial charge in [0.05, 0.1) is 4.90 Å². The zero-order valence-corrected chi connectivity index (χ0v) is 16.6. The number of aryl methyl sites for hydroxylation is 1. The van der Waals surface area contributed by atoms with Gasteiger partial charge in [0.2, 0.25) is 15.9 Å². The quantitative estimate of drug-likeness (QED) is 0.786. The molecule has 0 saturated carbocycles. The maximum atomic E-state index is 13.0. The summed E-state index contributed by atoms with van der Waals surface area (Å²) in [5.41, 5.74) is 1.81. The molecule has 0 bridgehead atoms. The lowest BCUT2D eigenvalue weighted by molar-refractivity contribution is -0.116. The second kappa shape index (κ2) is 8.06. The summed E-state index contributed by atoms with van der Waals surface area (Å²) in [6, 6.07) is 5.21. The van der Waals surface area contributed by atoms with Crippen molar-refractivity contribution in [2.45, 2.75) is 44.4 Å². The zero-order chi connectivity index (χ0) is 18.7. The minimum atomic E-state index is -3.47. The summed E-state index contributed by atoms with van der Waals surface area (Å²) < 4.78 is 27.7. The molecule has 6 nitrogen and oxygen atoms in total. The second-order valence-corrected chi connectivity index (χ2v) is 9.10. The molecule has 1 saturated heterocycles. The molecule has 2 aliphatic rings. The predicted molar refractivity (Wildman–Crippen MR) is 103 cm³/mol. The molecule has 0 aromatic heterocycles. The topological polar surface area (TPSA) is 60.9 Å². The van der Waals surface area contributed by atoms with Crippen molar-refractivity contribution in [2.75, 3.05) is 44.2 Å². The van der Waals surface area contributed by atoms with Crippen molar-refractivity contribution in [3.63, 3.8) is 0 Å². The number of hydrogen-bond acceptors (Lipinski definition) is 4. The summed E-state index contributed by atoms with van der Waals surface area (Å²) >= 11 is 0. The van der Waals surface area contributed by atoms with Gasteiger partial charge in [-0.05, 0) is 49.6 Å². The van der Waals surface area contributed by atoms with Crippen molar-refractivity contribution < 1.29 is 13.2 Å². The molecule has 0 aliphatic carbocycles. The Balaban J connectivity index is 1.75. The monoisotopic (exact) mass is 379 g/mol. The molecule has 0 spiro atoms. The van der Waals surface area contributed by atoms with Crippen LogP contribution in [0.2, 0.25) is 0 Å². The van der Waals surface area contributed by atoms with Gasteiger partial charge < -0.3 is 9.80 Å². The number of rotatable bonds is 5. The fraction of sp³-hybridized carbons (Fsp3) is 0.632. The molecule has 1 aromatic rings. The van der Waals surface area contributed by atoms with Crippen molar-refractivity contribution in [2.24, 2.45) is 0 Å². The van der Waals surface area contributed by atoms with Crippen molar-refractivity contribution >= 4 is 21.6 Å². The number of nitrogens with zero attached hydrogens (tertiary/aromatic N) is 3. The van der Waals surface area contributed by atoms with Crippen LogP contribution < -0.4 is 4.90 Å². The summed E-state index contributed by atoms with van der Waals surface area (Å²) in [7, 11) is -3.47. The maximum absolute atomic E-state index is 13.0. The van der Waals surface area contributed by atoms with Crippen LogP contribution in [0.4, 0.5) is 5.69 Å². The Morgan fingerprint density at radius 2 is 1.85 bits per heavy atom. The molecule has 7 heteroatoms. The van der Waals surface area contributed by atoms with E-state index >= 15 is 0 Å². The molecule has 2 heterocycles. The average Bonchev–Trinajstić information content (AvgIpc) is 2.65. The highest BCUT2D eigenvalue weighted by Crippen LogP contribution is 2.30. The van der Waals surface area contributed by atoms with Gasteiger partial charge >= 0.3 is 0 Å². The van der Waals surface area contributed by atoms with Crippen LogP contribution in [-0.4, -0.2) is 62.8 Å². The van der Waals surface area contributed by atoms with Crippen molar-refractivity contribution in [3.05, 3.63) is 23.8 Å². The fourth-order valence-corrected chi connectivity index (χ4v) is 5.26. The summed E-state index contributed by atoms with van der Waals surface area (Å²) in [4.78, 5) is 16.2. The molecule has 26 heavy (non-hydrogen) atoms. The third-order valence-corrected chi connectivity index (χ3v) is 7.24. The Hall–Kier alpha value is -1.44. The van der Waals surface area contributed by atoms with Crippen LogP contribution in [0.3, 0.4) is 0 Å². The van der Waals surface area contributed by atoms with Gasteiger partial charge in [-0.25, -0.2) is 8.42 Å². The zero-order valence-electron chi connectivity index (χ0n) is 15.8. The number of piperazine rings is 1. The van der Waals surface area contributed by atoms with E-state index in [-0.39, 0.29) is 5.91 Å².